The topological polar surface area (TPSA) is 92.6 Å². The molecule has 0 spiro atoms. The van der Waals surface area contributed by atoms with E-state index < -0.39 is 22.4 Å². The number of halogens is 2. The van der Waals surface area contributed by atoms with E-state index in [0.717, 1.165) is 5.56 Å². The highest BCUT2D eigenvalue weighted by Gasteiger charge is 2.33. The fraction of sp³-hybridized carbons (Fsp3) is 0.286. The first-order valence-corrected chi connectivity index (χ1v) is 12.5. The Balaban J connectivity index is 2.05. The number of benzene rings is 3. The summed E-state index contributed by atoms with van der Waals surface area (Å²) in [4.78, 5) is 39.9. The maximum atomic E-state index is 13.8. The number of carbonyl (C=O) groups is 2. The third kappa shape index (κ3) is 8.03. The molecule has 0 bridgehead atoms. The number of para-hydroxylation sites is 1. The van der Waals surface area contributed by atoms with Gasteiger partial charge in [-0.15, -0.1) is 0 Å². The first kappa shape index (κ1) is 28.2. The lowest BCUT2D eigenvalue weighted by molar-refractivity contribution is -0.385. The fourth-order valence-electron chi connectivity index (χ4n) is 3.94. The highest BCUT2D eigenvalue weighted by molar-refractivity contribution is 6.42. The van der Waals surface area contributed by atoms with E-state index in [1.165, 1.54) is 11.0 Å². The molecule has 0 aliphatic rings. The van der Waals surface area contributed by atoms with Crippen LogP contribution in [0.25, 0.3) is 0 Å². The first-order valence-electron chi connectivity index (χ1n) is 11.8. The molecule has 9 heteroatoms. The normalized spacial score (nSPS) is 12.0. The molecule has 0 aliphatic heterocycles. The molecule has 194 valence electrons. The molecule has 1 N–H and O–H groups in total. The van der Waals surface area contributed by atoms with Gasteiger partial charge in [-0.05, 0) is 44.0 Å². The molecule has 0 radical (unpaired) electrons. The van der Waals surface area contributed by atoms with Crippen LogP contribution < -0.4 is 5.32 Å². The van der Waals surface area contributed by atoms with Crippen LogP contribution in [0, 0.1) is 10.1 Å². The van der Waals surface area contributed by atoms with E-state index in [-0.39, 0.29) is 36.5 Å². The second-order valence-corrected chi connectivity index (χ2v) is 10.6. The van der Waals surface area contributed by atoms with Crippen LogP contribution in [0.4, 0.5) is 5.69 Å². The molecule has 3 aromatic rings. The lowest BCUT2D eigenvalue weighted by Gasteiger charge is -2.34. The standard InChI is InChI=1S/C28H29Cl2N3O4/c1-28(2,3)31-27(35)25(16-19-9-5-4-6-10-19)32(18-20-13-14-22(29)23(30)15-20)26(34)17-21-11-7-8-12-24(21)33(36)37/h4-15,25H,16-18H2,1-3H3,(H,31,35)/t25-/m0/s1. The van der Waals surface area contributed by atoms with Gasteiger partial charge in [0.25, 0.3) is 5.69 Å². The van der Waals surface area contributed by atoms with E-state index in [1.807, 2.05) is 51.1 Å². The SMILES string of the molecule is CC(C)(C)NC(=O)[C@H](Cc1ccccc1)N(Cc1ccc(Cl)c(Cl)c1)C(=O)Cc1ccccc1[N+](=O)[O-]. The minimum atomic E-state index is -0.883. The maximum absolute atomic E-state index is 13.8. The van der Waals surface area contributed by atoms with Crippen LogP contribution in [0.5, 0.6) is 0 Å². The van der Waals surface area contributed by atoms with E-state index >= 15 is 0 Å². The zero-order chi connectivity index (χ0) is 27.2. The summed E-state index contributed by atoms with van der Waals surface area (Å²) >= 11 is 12.3. The molecule has 3 rings (SSSR count). The van der Waals surface area contributed by atoms with Crippen molar-refractivity contribution < 1.29 is 14.5 Å². The zero-order valence-electron chi connectivity index (χ0n) is 20.9. The van der Waals surface area contributed by atoms with Gasteiger partial charge in [0.2, 0.25) is 11.8 Å². The Kier molecular flexibility index (Phi) is 9.29. The van der Waals surface area contributed by atoms with Gasteiger partial charge in [-0.2, -0.15) is 0 Å². The van der Waals surface area contributed by atoms with E-state index in [9.17, 15) is 19.7 Å². The fourth-order valence-corrected chi connectivity index (χ4v) is 4.27. The minimum Gasteiger partial charge on any atom is -0.350 e. The number of nitro groups is 1. The Morgan fingerprint density at radius 3 is 2.22 bits per heavy atom. The first-order chi connectivity index (χ1) is 17.4. The number of nitrogens with zero attached hydrogens (tertiary/aromatic N) is 2. The maximum Gasteiger partial charge on any atom is 0.273 e. The van der Waals surface area contributed by atoms with Crippen molar-refractivity contribution in [2.45, 2.75) is 51.7 Å². The van der Waals surface area contributed by atoms with Crippen LogP contribution in [-0.2, 0) is 29.0 Å². The van der Waals surface area contributed by atoms with Crippen molar-refractivity contribution in [3.63, 3.8) is 0 Å². The van der Waals surface area contributed by atoms with Crippen LogP contribution in [-0.4, -0.2) is 33.2 Å². The third-order valence-electron chi connectivity index (χ3n) is 5.64. The largest absolute Gasteiger partial charge is 0.350 e. The van der Waals surface area contributed by atoms with E-state index in [1.54, 1.807) is 36.4 Å². The third-order valence-corrected chi connectivity index (χ3v) is 6.38. The summed E-state index contributed by atoms with van der Waals surface area (Å²) in [6.07, 6.45) is 0.0132. The Morgan fingerprint density at radius 2 is 1.59 bits per heavy atom. The predicted octanol–water partition coefficient (Wildman–Crippen LogP) is 6.00. The van der Waals surface area contributed by atoms with Crippen molar-refractivity contribution in [2.75, 3.05) is 0 Å². The number of rotatable bonds is 9. The number of hydrogen-bond acceptors (Lipinski definition) is 4. The second-order valence-electron chi connectivity index (χ2n) is 9.78. The number of amides is 2. The molecule has 3 aromatic carbocycles. The van der Waals surface area contributed by atoms with Crippen molar-refractivity contribution in [3.05, 3.63) is 110 Å². The van der Waals surface area contributed by atoms with Crippen LogP contribution >= 0.6 is 23.2 Å². The van der Waals surface area contributed by atoms with Gasteiger partial charge in [0, 0.05) is 30.1 Å². The summed E-state index contributed by atoms with van der Waals surface area (Å²) in [5.74, 6) is -0.752. The molecular formula is C28H29Cl2N3O4. The zero-order valence-corrected chi connectivity index (χ0v) is 22.4. The monoisotopic (exact) mass is 541 g/mol. The Bertz CT molecular complexity index is 1280. The molecule has 0 heterocycles. The molecule has 0 saturated carbocycles. The van der Waals surface area contributed by atoms with Crippen molar-refractivity contribution in [3.8, 4) is 0 Å². The van der Waals surface area contributed by atoms with Crippen molar-refractivity contribution in [1.29, 1.82) is 0 Å². The molecule has 1 atom stereocenters. The van der Waals surface area contributed by atoms with Crippen molar-refractivity contribution >= 4 is 40.7 Å². The van der Waals surface area contributed by atoms with Gasteiger partial charge >= 0.3 is 0 Å². The average molecular weight is 542 g/mol. The van der Waals surface area contributed by atoms with Crippen molar-refractivity contribution in [2.24, 2.45) is 0 Å². The van der Waals surface area contributed by atoms with Gasteiger partial charge in [-0.1, -0.05) is 77.8 Å². The van der Waals surface area contributed by atoms with Gasteiger partial charge in [-0.25, -0.2) is 0 Å². The highest BCUT2D eigenvalue weighted by atomic mass is 35.5. The summed E-state index contributed by atoms with van der Waals surface area (Å²) in [6, 6.07) is 19.6. The lowest BCUT2D eigenvalue weighted by Crippen LogP contribution is -2.54. The molecule has 7 nitrogen and oxygen atoms in total. The molecule has 0 saturated heterocycles. The minimum absolute atomic E-state index is 0.0609. The molecule has 0 fully saturated rings. The number of carbonyl (C=O) groups excluding carboxylic acids is 2. The summed E-state index contributed by atoms with van der Waals surface area (Å²) < 4.78 is 0. The smallest absolute Gasteiger partial charge is 0.273 e. The molecule has 37 heavy (non-hydrogen) atoms. The van der Waals surface area contributed by atoms with E-state index in [4.69, 9.17) is 23.2 Å². The van der Waals surface area contributed by atoms with Gasteiger partial charge < -0.3 is 10.2 Å². The lowest BCUT2D eigenvalue weighted by atomic mass is 9.99. The van der Waals surface area contributed by atoms with Crippen LogP contribution in [0.15, 0.2) is 72.8 Å². The Hall–Kier alpha value is -3.42. The molecule has 0 unspecified atom stereocenters. The van der Waals surface area contributed by atoms with E-state index in [0.29, 0.717) is 15.6 Å². The Labute approximate surface area is 226 Å². The Morgan fingerprint density at radius 1 is 0.946 bits per heavy atom. The number of nitro benzene ring substituents is 1. The van der Waals surface area contributed by atoms with E-state index in [2.05, 4.69) is 5.32 Å². The number of hydrogen-bond donors (Lipinski definition) is 1. The summed E-state index contributed by atoms with van der Waals surface area (Å²) in [6.45, 7) is 5.65. The quantitative estimate of drug-likeness (QED) is 0.265. The highest BCUT2D eigenvalue weighted by Crippen LogP contribution is 2.26. The van der Waals surface area contributed by atoms with Crippen LogP contribution in [0.2, 0.25) is 10.0 Å². The summed E-state index contributed by atoms with van der Waals surface area (Å²) in [5, 5.41) is 15.2. The molecule has 0 aliphatic carbocycles. The summed E-state index contributed by atoms with van der Waals surface area (Å²) in [5.41, 5.74) is 1.12. The summed E-state index contributed by atoms with van der Waals surface area (Å²) in [7, 11) is 0. The van der Waals surface area contributed by atoms with Gasteiger partial charge in [0.05, 0.1) is 21.4 Å². The van der Waals surface area contributed by atoms with Gasteiger partial charge in [0.15, 0.2) is 0 Å². The second kappa shape index (κ2) is 12.2. The van der Waals surface area contributed by atoms with Crippen LogP contribution in [0.1, 0.15) is 37.5 Å². The predicted molar refractivity (Wildman–Crippen MR) is 146 cm³/mol. The molecule has 0 aromatic heterocycles. The number of nitrogens with one attached hydrogen (secondary N) is 1. The molecule has 2 amide bonds. The average Bonchev–Trinajstić information content (AvgIpc) is 2.83. The van der Waals surface area contributed by atoms with Crippen LogP contribution in [0.3, 0.4) is 0 Å². The molecular weight excluding hydrogens is 513 g/mol. The van der Waals surface area contributed by atoms with Crippen molar-refractivity contribution in [1.82, 2.24) is 10.2 Å². The van der Waals surface area contributed by atoms with Gasteiger partial charge in [-0.3, -0.25) is 19.7 Å². The van der Waals surface area contributed by atoms with Gasteiger partial charge in [0.1, 0.15) is 6.04 Å².